The molecule has 0 radical (unpaired) electrons. The number of phosphoric ester groups is 2. The molecule has 0 aliphatic heterocycles. The number of hydrogen-bond acceptors (Lipinski definition) is 14. The first kappa shape index (κ1) is 95.4. The molecule has 18 heteroatoms. The van der Waals surface area contributed by atoms with Gasteiger partial charge in [-0.1, -0.05) is 267 Å². The number of unbranched alkanes of at least 4 members (excludes halogenated alkanes) is 14. The van der Waals surface area contributed by atoms with E-state index in [0.29, 0.717) is 19.3 Å². The number of carbonyl (C=O) groups excluding carboxylic acids is 3. The van der Waals surface area contributed by atoms with E-state index in [2.05, 4.69) is 215 Å². The molecule has 0 heterocycles. The zero-order valence-corrected chi connectivity index (χ0v) is 63.8. The van der Waals surface area contributed by atoms with Gasteiger partial charge >= 0.3 is 33.6 Å². The molecule has 0 spiro atoms. The van der Waals surface area contributed by atoms with Crippen LogP contribution < -0.4 is 0 Å². The van der Waals surface area contributed by atoms with Crippen LogP contribution in [0.3, 0.4) is 0 Å². The molecule has 0 aromatic rings. The van der Waals surface area contributed by atoms with E-state index in [4.69, 9.17) is 32.3 Å². The van der Waals surface area contributed by atoms with E-state index in [0.717, 1.165) is 193 Å². The maximum absolute atomic E-state index is 13.0. The lowest BCUT2D eigenvalue weighted by atomic mass is 10.1. The Hall–Kier alpha value is -5.61. The van der Waals surface area contributed by atoms with Crippen molar-refractivity contribution in [1.29, 1.82) is 0 Å². The molecule has 5 unspecified atom stereocenters. The van der Waals surface area contributed by atoms with E-state index in [1.165, 1.54) is 0 Å². The molecule has 5 atom stereocenters. The van der Waals surface area contributed by atoms with Crippen LogP contribution in [0.15, 0.2) is 194 Å². The maximum Gasteiger partial charge on any atom is 0.472 e. The van der Waals surface area contributed by atoms with Crippen LogP contribution in [0.4, 0.5) is 0 Å². The van der Waals surface area contributed by atoms with Crippen LogP contribution in [-0.4, -0.2) is 95.9 Å². The third kappa shape index (κ3) is 75.4. The third-order valence-electron chi connectivity index (χ3n) is 14.8. The van der Waals surface area contributed by atoms with Gasteiger partial charge in [0, 0.05) is 19.3 Å². The second kappa shape index (κ2) is 74.1. The van der Waals surface area contributed by atoms with E-state index in [-0.39, 0.29) is 19.3 Å². The Kier molecular flexibility index (Phi) is 70.0. The quantitative estimate of drug-likeness (QED) is 0.0146. The highest BCUT2D eigenvalue weighted by atomic mass is 31.2. The van der Waals surface area contributed by atoms with Crippen LogP contribution >= 0.6 is 15.6 Å². The number of phosphoric acid groups is 2. The molecule has 0 aliphatic carbocycles. The van der Waals surface area contributed by atoms with Crippen molar-refractivity contribution in [2.75, 3.05) is 39.6 Å². The first-order valence-corrected chi connectivity index (χ1v) is 40.7. The Bertz CT molecular complexity index is 2620. The smallest absolute Gasteiger partial charge is 0.463 e. The molecule has 0 aliphatic rings. The van der Waals surface area contributed by atoms with Gasteiger partial charge in [-0.05, 0) is 161 Å². The van der Waals surface area contributed by atoms with Crippen molar-refractivity contribution in [2.45, 2.75) is 270 Å². The van der Waals surface area contributed by atoms with Crippen LogP contribution in [0.25, 0.3) is 0 Å². The van der Waals surface area contributed by atoms with Crippen molar-refractivity contribution in [2.24, 2.45) is 0 Å². The molecule has 570 valence electrons. The summed E-state index contributed by atoms with van der Waals surface area (Å²) in [5.41, 5.74) is 0. The van der Waals surface area contributed by atoms with E-state index in [1.807, 2.05) is 0 Å². The SMILES string of the molecule is CC/C=C\C/C=C\C/C=C\C/C=C\C/C=C\C/C=C\CCCCCCCCC(=O)OCC(O)COP(=O)(O)OCC(O)COP(=O)(O)OCC(COC(=O)CCCCCCC/C=C\C/C=C\C/C=C\C/C=C\C/C=C\CC)OC(=O)CCCCC/C=C\C/C=C\C/C=C\C/C=C\C/C=C\CC. The fourth-order valence-electron chi connectivity index (χ4n) is 9.15. The number of esters is 3. The summed E-state index contributed by atoms with van der Waals surface area (Å²) in [6, 6.07) is 0. The van der Waals surface area contributed by atoms with Crippen molar-refractivity contribution in [3.63, 3.8) is 0 Å². The second-order valence-electron chi connectivity index (χ2n) is 24.3. The van der Waals surface area contributed by atoms with Crippen molar-refractivity contribution in [3.8, 4) is 0 Å². The number of rotatable bonds is 69. The molecule has 0 saturated carbocycles. The van der Waals surface area contributed by atoms with Gasteiger partial charge in [-0.15, -0.1) is 0 Å². The monoisotopic (exact) mass is 1450 g/mol. The number of hydrogen-bond donors (Lipinski definition) is 4. The molecule has 0 amide bonds. The first-order valence-electron chi connectivity index (χ1n) is 37.7. The standard InChI is InChI=1S/C83H132O16P2/c1-4-7-10-13-16-19-22-25-28-31-34-36-37-38-39-41-44-45-48-51-54-57-60-63-66-69-81(86)93-72-78(84)73-95-100(89,90)96-74-79(85)75-97-101(91,92)98-77-80(99-83(88)71-68-65-62-59-56-53-50-47-42-33-30-27-24-21-18-15-12-9-6-3)76-94-82(87)70-67-64-61-58-55-52-49-46-43-40-35-32-29-26-23-20-17-14-11-8-5-2/h7-12,16-21,25-30,34-36,38-40,42,44-47,49,53,56,78-80,84-85H,4-6,13-15,22-24,31-33,37,41,43,48,50-52,54-55,57-77H2,1-3H3,(H,89,90)(H,91,92)/b10-7-,11-8-,12-9-,19-16-,20-17-,21-18-,28-25-,29-26-,30-27-,36-34-,39-38-,40-35-,45-44-,47-42-,49-46-,56-53-. The maximum atomic E-state index is 13.0. The van der Waals surface area contributed by atoms with Gasteiger partial charge in [0.2, 0.25) is 0 Å². The predicted molar refractivity (Wildman–Crippen MR) is 417 cm³/mol. The summed E-state index contributed by atoms with van der Waals surface area (Å²) in [6.45, 7) is 2.22. The number of aliphatic hydroxyl groups excluding tert-OH is 2. The zero-order chi connectivity index (χ0) is 73.7. The molecule has 0 rings (SSSR count). The molecule has 0 bridgehead atoms. The lowest BCUT2D eigenvalue weighted by Crippen LogP contribution is -2.30. The Morgan fingerprint density at radius 2 is 0.495 bits per heavy atom. The highest BCUT2D eigenvalue weighted by molar-refractivity contribution is 7.47. The normalized spacial score (nSPS) is 15.1. The van der Waals surface area contributed by atoms with Crippen LogP contribution in [0, 0.1) is 0 Å². The summed E-state index contributed by atoms with van der Waals surface area (Å²) in [5, 5.41) is 20.6. The molecule has 0 fully saturated rings. The van der Waals surface area contributed by atoms with Gasteiger partial charge in [-0.2, -0.15) is 0 Å². The lowest BCUT2D eigenvalue weighted by molar-refractivity contribution is -0.161. The fourth-order valence-corrected chi connectivity index (χ4v) is 10.7. The van der Waals surface area contributed by atoms with Gasteiger partial charge in [0.1, 0.15) is 25.4 Å². The molecule has 4 N–H and O–H groups in total. The van der Waals surface area contributed by atoms with Crippen molar-refractivity contribution in [1.82, 2.24) is 0 Å². The van der Waals surface area contributed by atoms with Gasteiger partial charge in [-0.3, -0.25) is 32.5 Å². The van der Waals surface area contributed by atoms with Crippen LogP contribution in [0.2, 0.25) is 0 Å². The largest absolute Gasteiger partial charge is 0.472 e. The summed E-state index contributed by atoms with van der Waals surface area (Å²) in [7, 11) is -9.83. The van der Waals surface area contributed by atoms with E-state index in [9.17, 15) is 43.5 Å². The average molecular weight is 1450 g/mol. The van der Waals surface area contributed by atoms with Crippen molar-refractivity contribution in [3.05, 3.63) is 194 Å². The van der Waals surface area contributed by atoms with Gasteiger partial charge in [0.25, 0.3) is 0 Å². The van der Waals surface area contributed by atoms with Crippen LogP contribution in [0.1, 0.15) is 252 Å². The van der Waals surface area contributed by atoms with Crippen molar-refractivity contribution >= 4 is 33.6 Å². The summed E-state index contributed by atoms with van der Waals surface area (Å²) in [6.07, 6.45) is 96.1. The van der Waals surface area contributed by atoms with E-state index in [1.54, 1.807) is 0 Å². The minimum Gasteiger partial charge on any atom is -0.463 e. The highest BCUT2D eigenvalue weighted by Gasteiger charge is 2.29. The zero-order valence-electron chi connectivity index (χ0n) is 62.0. The van der Waals surface area contributed by atoms with Gasteiger partial charge < -0.3 is 34.2 Å². The van der Waals surface area contributed by atoms with Crippen LogP contribution in [-0.2, 0) is 55.8 Å². The van der Waals surface area contributed by atoms with Gasteiger partial charge in [0.15, 0.2) is 6.10 Å². The minimum absolute atomic E-state index is 0.0519. The molecule has 101 heavy (non-hydrogen) atoms. The molecule has 0 aromatic heterocycles. The Morgan fingerprint density at radius 1 is 0.277 bits per heavy atom. The molecular weight excluding hydrogens is 1310 g/mol. The predicted octanol–water partition coefficient (Wildman–Crippen LogP) is 22.0. The lowest BCUT2D eigenvalue weighted by Gasteiger charge is -2.21. The average Bonchev–Trinajstić information content (AvgIpc) is 0.990. The second-order valence-corrected chi connectivity index (χ2v) is 27.2. The van der Waals surface area contributed by atoms with E-state index < -0.39 is 91.5 Å². The first-order chi connectivity index (χ1) is 49.2. The Labute approximate surface area is 610 Å². The minimum atomic E-state index is -4.96. The van der Waals surface area contributed by atoms with Crippen molar-refractivity contribution < 1.29 is 75.8 Å². The summed E-state index contributed by atoms with van der Waals surface area (Å²) < 4.78 is 61.1. The topological polar surface area (TPSA) is 231 Å². The highest BCUT2D eigenvalue weighted by Crippen LogP contribution is 2.45. The molecule has 16 nitrogen and oxygen atoms in total. The number of carbonyl (C=O) groups is 3. The number of aliphatic hydroxyl groups is 2. The Morgan fingerprint density at radius 3 is 0.792 bits per heavy atom. The van der Waals surface area contributed by atoms with Gasteiger partial charge in [0.05, 0.1) is 26.4 Å². The fraction of sp³-hybridized carbons (Fsp3) is 0.578. The van der Waals surface area contributed by atoms with Crippen LogP contribution in [0.5, 0.6) is 0 Å². The summed E-state index contributed by atoms with van der Waals surface area (Å²) in [4.78, 5) is 58.6. The molecule has 0 aromatic carbocycles. The summed E-state index contributed by atoms with van der Waals surface area (Å²) in [5.74, 6) is -1.67. The van der Waals surface area contributed by atoms with Gasteiger partial charge in [-0.25, -0.2) is 9.13 Å². The molecule has 0 saturated heterocycles. The Balaban J connectivity index is 4.76. The molecular formula is C83H132O16P2. The number of ether oxygens (including phenoxy) is 3. The summed E-state index contributed by atoms with van der Waals surface area (Å²) >= 11 is 0. The third-order valence-corrected chi connectivity index (χ3v) is 16.7. The number of allylic oxidation sites excluding steroid dienone is 32. The van der Waals surface area contributed by atoms with E-state index >= 15 is 0 Å².